The number of carbonyl (C=O) groups excluding carboxylic acids is 1. The quantitative estimate of drug-likeness (QED) is 0.561. The lowest BCUT2D eigenvalue weighted by molar-refractivity contribution is 0.0686. The van der Waals surface area contributed by atoms with Crippen molar-refractivity contribution in [3.63, 3.8) is 0 Å². The number of likely N-dealkylation sites (tertiary alicyclic amines) is 1. The summed E-state index contributed by atoms with van der Waals surface area (Å²) >= 11 is 1.53. The molecule has 1 amide bonds. The summed E-state index contributed by atoms with van der Waals surface area (Å²) < 4.78 is 5.34. The Morgan fingerprint density at radius 2 is 2.20 bits per heavy atom. The first kappa shape index (κ1) is 22.6. The van der Waals surface area contributed by atoms with Gasteiger partial charge in [-0.05, 0) is 74.7 Å². The molecule has 0 bridgehead atoms. The zero-order chi connectivity index (χ0) is 21.3. The molecule has 1 aromatic heterocycles. The minimum Gasteiger partial charge on any atom is -0.497 e. The molecule has 1 saturated heterocycles. The van der Waals surface area contributed by atoms with Crippen LogP contribution in [0.4, 0.5) is 0 Å². The Labute approximate surface area is 184 Å². The Bertz CT molecular complexity index is 830. The van der Waals surface area contributed by atoms with E-state index in [0.717, 1.165) is 55.5 Å². The summed E-state index contributed by atoms with van der Waals surface area (Å²) in [5.74, 6) is 1.53. The van der Waals surface area contributed by atoms with Crippen LogP contribution in [0.5, 0.6) is 5.75 Å². The van der Waals surface area contributed by atoms with E-state index in [2.05, 4.69) is 35.0 Å². The predicted octanol–water partition coefficient (Wildman–Crippen LogP) is 4.23. The number of ether oxygens (including phenoxy) is 1. The van der Waals surface area contributed by atoms with Crippen LogP contribution in [0, 0.1) is 5.92 Å². The lowest BCUT2D eigenvalue weighted by atomic mass is 9.96. The molecular weight excluding hydrogens is 394 g/mol. The molecule has 0 saturated carbocycles. The van der Waals surface area contributed by atoms with Gasteiger partial charge in [0.1, 0.15) is 10.8 Å². The monoisotopic (exact) mass is 427 g/mol. The standard InChI is InChI=1S/C24H33N3O2S/c1-4-27(24(28)22-11-6-13-25-23(22)30-3)18-20-9-7-14-26(17-20)15-12-19-8-5-10-21(16-19)29-2/h5-6,8,10-11,13,16,20H,4,7,9,12,14-15,17-18H2,1-3H3/t20-/m1/s1. The lowest BCUT2D eigenvalue weighted by Gasteiger charge is -2.35. The number of hydrogen-bond donors (Lipinski definition) is 0. The highest BCUT2D eigenvalue weighted by molar-refractivity contribution is 7.98. The topological polar surface area (TPSA) is 45.7 Å². The van der Waals surface area contributed by atoms with Crippen LogP contribution >= 0.6 is 11.8 Å². The molecule has 0 aliphatic carbocycles. The van der Waals surface area contributed by atoms with E-state index in [0.29, 0.717) is 5.92 Å². The van der Waals surface area contributed by atoms with E-state index < -0.39 is 0 Å². The van der Waals surface area contributed by atoms with Crippen molar-refractivity contribution in [3.8, 4) is 5.75 Å². The summed E-state index contributed by atoms with van der Waals surface area (Å²) in [6.45, 7) is 6.84. The average molecular weight is 428 g/mol. The van der Waals surface area contributed by atoms with Gasteiger partial charge in [-0.1, -0.05) is 12.1 Å². The van der Waals surface area contributed by atoms with Crippen LogP contribution in [0.2, 0.25) is 0 Å². The van der Waals surface area contributed by atoms with E-state index in [1.807, 2.05) is 29.4 Å². The average Bonchev–Trinajstić information content (AvgIpc) is 2.81. The van der Waals surface area contributed by atoms with Crippen molar-refractivity contribution < 1.29 is 9.53 Å². The number of methoxy groups -OCH3 is 1. The van der Waals surface area contributed by atoms with Crippen LogP contribution in [0.3, 0.4) is 0 Å². The highest BCUT2D eigenvalue weighted by atomic mass is 32.2. The SMILES string of the molecule is CCN(C[C@@H]1CCCN(CCc2cccc(OC)c2)C1)C(=O)c1cccnc1SC. The van der Waals surface area contributed by atoms with Crippen molar-refractivity contribution in [1.82, 2.24) is 14.8 Å². The predicted molar refractivity (Wildman–Crippen MR) is 123 cm³/mol. The molecule has 0 unspecified atom stereocenters. The van der Waals surface area contributed by atoms with Crippen molar-refractivity contribution >= 4 is 17.7 Å². The molecule has 0 N–H and O–H groups in total. The van der Waals surface area contributed by atoms with E-state index in [-0.39, 0.29) is 5.91 Å². The molecule has 1 aliphatic heterocycles. The Hall–Kier alpha value is -2.05. The number of benzene rings is 1. The number of aromatic nitrogens is 1. The maximum Gasteiger partial charge on any atom is 0.256 e. The van der Waals surface area contributed by atoms with E-state index in [9.17, 15) is 4.79 Å². The van der Waals surface area contributed by atoms with Gasteiger partial charge >= 0.3 is 0 Å². The lowest BCUT2D eigenvalue weighted by Crippen LogP contribution is -2.43. The number of amides is 1. The van der Waals surface area contributed by atoms with Gasteiger partial charge in [-0.25, -0.2) is 4.98 Å². The smallest absolute Gasteiger partial charge is 0.256 e. The van der Waals surface area contributed by atoms with Gasteiger partial charge in [0.15, 0.2) is 0 Å². The minimum absolute atomic E-state index is 0.100. The molecule has 2 aromatic rings. The summed E-state index contributed by atoms with van der Waals surface area (Å²) in [6, 6.07) is 12.1. The molecule has 30 heavy (non-hydrogen) atoms. The fourth-order valence-electron chi connectivity index (χ4n) is 4.17. The van der Waals surface area contributed by atoms with Gasteiger partial charge in [-0.15, -0.1) is 11.8 Å². The third-order valence-corrected chi connectivity index (χ3v) is 6.51. The molecule has 5 nitrogen and oxygen atoms in total. The fraction of sp³-hybridized carbons (Fsp3) is 0.500. The first-order chi connectivity index (χ1) is 14.6. The third kappa shape index (κ3) is 5.99. The summed E-state index contributed by atoms with van der Waals surface area (Å²) in [6.07, 6.45) is 7.11. The molecule has 6 heteroatoms. The van der Waals surface area contributed by atoms with Gasteiger partial charge in [0.05, 0.1) is 12.7 Å². The number of hydrogen-bond acceptors (Lipinski definition) is 5. The Kier molecular flexibility index (Phi) is 8.58. The Morgan fingerprint density at radius 1 is 1.33 bits per heavy atom. The largest absolute Gasteiger partial charge is 0.497 e. The van der Waals surface area contributed by atoms with Gasteiger partial charge in [-0.2, -0.15) is 0 Å². The molecule has 1 atom stereocenters. The second-order valence-corrected chi connectivity index (χ2v) is 8.61. The summed E-state index contributed by atoms with van der Waals surface area (Å²) in [4.78, 5) is 22.0. The number of carbonyl (C=O) groups is 1. The Balaban J connectivity index is 1.56. The third-order valence-electron chi connectivity index (χ3n) is 5.80. The molecule has 1 aromatic carbocycles. The number of thioether (sulfide) groups is 1. The zero-order valence-electron chi connectivity index (χ0n) is 18.3. The number of nitrogens with zero attached hydrogens (tertiary/aromatic N) is 3. The first-order valence-electron chi connectivity index (χ1n) is 10.8. The summed E-state index contributed by atoms with van der Waals surface area (Å²) in [5.41, 5.74) is 2.03. The van der Waals surface area contributed by atoms with Crippen LogP contribution in [0.1, 0.15) is 35.7 Å². The second kappa shape index (κ2) is 11.4. The van der Waals surface area contributed by atoms with Crippen LogP contribution < -0.4 is 4.74 Å². The van der Waals surface area contributed by atoms with Gasteiger partial charge in [0, 0.05) is 32.4 Å². The molecule has 3 rings (SSSR count). The zero-order valence-corrected chi connectivity index (χ0v) is 19.2. The van der Waals surface area contributed by atoms with Crippen molar-refractivity contribution in [1.29, 1.82) is 0 Å². The summed E-state index contributed by atoms with van der Waals surface area (Å²) in [7, 11) is 1.71. The van der Waals surface area contributed by atoms with Crippen LogP contribution in [-0.2, 0) is 6.42 Å². The number of rotatable bonds is 9. The normalized spacial score (nSPS) is 17.0. The van der Waals surface area contributed by atoms with Crippen molar-refractivity contribution in [2.24, 2.45) is 5.92 Å². The second-order valence-electron chi connectivity index (χ2n) is 7.81. The van der Waals surface area contributed by atoms with Crippen molar-refractivity contribution in [2.45, 2.75) is 31.2 Å². The molecular formula is C24H33N3O2S. The van der Waals surface area contributed by atoms with E-state index in [4.69, 9.17) is 4.74 Å². The maximum absolute atomic E-state index is 13.1. The minimum atomic E-state index is 0.100. The van der Waals surface area contributed by atoms with E-state index in [1.54, 1.807) is 13.3 Å². The van der Waals surface area contributed by atoms with Crippen molar-refractivity contribution in [2.75, 3.05) is 46.1 Å². The van der Waals surface area contributed by atoms with Gasteiger partial charge in [0.2, 0.25) is 0 Å². The first-order valence-corrected chi connectivity index (χ1v) is 12.0. The molecule has 162 valence electrons. The molecule has 0 spiro atoms. The van der Waals surface area contributed by atoms with Crippen LogP contribution in [0.15, 0.2) is 47.6 Å². The Morgan fingerprint density at radius 3 is 2.97 bits per heavy atom. The molecule has 2 heterocycles. The molecule has 1 fully saturated rings. The van der Waals surface area contributed by atoms with Crippen LogP contribution in [-0.4, -0.2) is 66.8 Å². The fourth-order valence-corrected chi connectivity index (χ4v) is 4.71. The highest BCUT2D eigenvalue weighted by Gasteiger charge is 2.25. The van der Waals surface area contributed by atoms with Gasteiger partial charge in [-0.3, -0.25) is 4.79 Å². The number of pyridine rings is 1. The molecule has 1 aliphatic rings. The van der Waals surface area contributed by atoms with E-state index >= 15 is 0 Å². The van der Waals surface area contributed by atoms with Gasteiger partial charge < -0.3 is 14.5 Å². The van der Waals surface area contributed by atoms with Crippen molar-refractivity contribution in [3.05, 3.63) is 53.7 Å². The maximum atomic E-state index is 13.1. The van der Waals surface area contributed by atoms with Gasteiger partial charge in [0.25, 0.3) is 5.91 Å². The van der Waals surface area contributed by atoms with E-state index in [1.165, 1.54) is 30.2 Å². The summed E-state index contributed by atoms with van der Waals surface area (Å²) in [5, 5.41) is 0.810. The van der Waals surface area contributed by atoms with Crippen LogP contribution in [0.25, 0.3) is 0 Å². The molecule has 0 radical (unpaired) electrons. The number of piperidine rings is 1. The highest BCUT2D eigenvalue weighted by Crippen LogP contribution is 2.22.